The Hall–Kier alpha value is -1.55. The lowest BCUT2D eigenvalue weighted by atomic mass is 10.00. The van der Waals surface area contributed by atoms with Crippen molar-refractivity contribution < 1.29 is 14.6 Å². The number of ether oxygens (including phenoxy) is 1. The standard InChI is InChI=1S/C18H27NO3/c1-14(2)5-3-4-10-22-17-8-6-15(7-9-17)11-19-12-16(13-19)18(20)21/h6-9,14,16H,3-5,10-13H2,1-2H3,(H,20,21). The molecule has 1 aromatic carbocycles. The number of unbranched alkanes of at least 4 members (excludes halogenated alkanes) is 1. The Bertz CT molecular complexity index is 464. The summed E-state index contributed by atoms with van der Waals surface area (Å²) in [5.41, 5.74) is 1.20. The molecule has 0 saturated carbocycles. The maximum Gasteiger partial charge on any atom is 0.309 e. The van der Waals surface area contributed by atoms with Crippen molar-refractivity contribution in [2.75, 3.05) is 19.7 Å². The Balaban J connectivity index is 1.64. The van der Waals surface area contributed by atoms with Gasteiger partial charge in [-0.05, 0) is 36.5 Å². The summed E-state index contributed by atoms with van der Waals surface area (Å²) in [6, 6.07) is 8.15. The number of rotatable bonds is 9. The molecule has 0 aromatic heterocycles. The van der Waals surface area contributed by atoms with Crippen molar-refractivity contribution in [1.82, 2.24) is 4.90 Å². The van der Waals surface area contributed by atoms with Crippen molar-refractivity contribution in [2.45, 2.75) is 39.7 Å². The lowest BCUT2D eigenvalue weighted by molar-refractivity contribution is -0.147. The average molecular weight is 305 g/mol. The van der Waals surface area contributed by atoms with Crippen LogP contribution in [0.25, 0.3) is 0 Å². The number of hydrogen-bond donors (Lipinski definition) is 1. The molecule has 4 heteroatoms. The Labute approximate surface area is 133 Å². The lowest BCUT2D eigenvalue weighted by Gasteiger charge is -2.36. The third-order valence-electron chi connectivity index (χ3n) is 4.08. The minimum atomic E-state index is -0.683. The van der Waals surface area contributed by atoms with Crippen LogP contribution in [0.2, 0.25) is 0 Å². The van der Waals surface area contributed by atoms with Gasteiger partial charge in [-0.2, -0.15) is 0 Å². The van der Waals surface area contributed by atoms with E-state index in [9.17, 15) is 4.79 Å². The van der Waals surface area contributed by atoms with Crippen molar-refractivity contribution in [2.24, 2.45) is 11.8 Å². The highest BCUT2D eigenvalue weighted by atomic mass is 16.5. The number of likely N-dealkylation sites (tertiary alicyclic amines) is 1. The SMILES string of the molecule is CC(C)CCCCOc1ccc(CN2CC(C(=O)O)C2)cc1. The number of hydrogen-bond acceptors (Lipinski definition) is 3. The van der Waals surface area contributed by atoms with E-state index < -0.39 is 5.97 Å². The van der Waals surface area contributed by atoms with Crippen molar-refractivity contribution in [3.63, 3.8) is 0 Å². The molecular formula is C18H27NO3. The largest absolute Gasteiger partial charge is 0.494 e. The maximum atomic E-state index is 10.8. The van der Waals surface area contributed by atoms with E-state index in [4.69, 9.17) is 9.84 Å². The van der Waals surface area contributed by atoms with Crippen molar-refractivity contribution in [3.8, 4) is 5.75 Å². The molecule has 0 spiro atoms. The molecule has 0 unspecified atom stereocenters. The number of benzene rings is 1. The number of carboxylic acid groups (broad SMARTS) is 1. The number of aliphatic carboxylic acids is 1. The van der Waals surface area contributed by atoms with Gasteiger partial charge in [0.2, 0.25) is 0 Å². The van der Waals surface area contributed by atoms with Gasteiger partial charge in [0, 0.05) is 19.6 Å². The molecular weight excluding hydrogens is 278 g/mol. The van der Waals surface area contributed by atoms with Crippen molar-refractivity contribution in [1.29, 1.82) is 0 Å². The van der Waals surface area contributed by atoms with Crippen LogP contribution < -0.4 is 4.74 Å². The maximum absolute atomic E-state index is 10.8. The van der Waals surface area contributed by atoms with Gasteiger partial charge >= 0.3 is 5.97 Å². The summed E-state index contributed by atoms with van der Waals surface area (Å²) in [6.07, 6.45) is 3.58. The molecule has 4 nitrogen and oxygen atoms in total. The Morgan fingerprint density at radius 1 is 1.27 bits per heavy atom. The highest BCUT2D eigenvalue weighted by Gasteiger charge is 2.31. The molecule has 1 aromatic rings. The van der Waals surface area contributed by atoms with Crippen LogP contribution >= 0.6 is 0 Å². The van der Waals surface area contributed by atoms with Crippen LogP contribution in [-0.4, -0.2) is 35.7 Å². The highest BCUT2D eigenvalue weighted by Crippen LogP contribution is 2.20. The summed E-state index contributed by atoms with van der Waals surface area (Å²) in [5, 5.41) is 8.86. The summed E-state index contributed by atoms with van der Waals surface area (Å²) < 4.78 is 5.75. The van der Waals surface area contributed by atoms with E-state index in [0.717, 1.165) is 31.2 Å². The lowest BCUT2D eigenvalue weighted by Crippen LogP contribution is -2.49. The molecule has 122 valence electrons. The molecule has 1 saturated heterocycles. The monoisotopic (exact) mass is 305 g/mol. The summed E-state index contributed by atoms with van der Waals surface area (Å²) in [7, 11) is 0. The van der Waals surface area contributed by atoms with Crippen molar-refractivity contribution >= 4 is 5.97 Å². The van der Waals surface area contributed by atoms with Crippen LogP contribution in [0.5, 0.6) is 5.75 Å². The Morgan fingerprint density at radius 2 is 1.95 bits per heavy atom. The highest BCUT2D eigenvalue weighted by molar-refractivity contribution is 5.71. The van der Waals surface area contributed by atoms with Gasteiger partial charge in [-0.3, -0.25) is 9.69 Å². The smallest absolute Gasteiger partial charge is 0.309 e. The molecule has 0 aliphatic carbocycles. The molecule has 1 heterocycles. The van der Waals surface area contributed by atoms with E-state index in [2.05, 4.69) is 30.9 Å². The minimum absolute atomic E-state index is 0.187. The first-order chi connectivity index (χ1) is 10.5. The fourth-order valence-electron chi connectivity index (χ4n) is 2.65. The van der Waals surface area contributed by atoms with Gasteiger partial charge in [0.1, 0.15) is 5.75 Å². The molecule has 0 bridgehead atoms. The predicted octanol–water partition coefficient (Wildman–Crippen LogP) is 3.41. The first-order valence-electron chi connectivity index (χ1n) is 8.21. The van der Waals surface area contributed by atoms with E-state index in [0.29, 0.717) is 13.1 Å². The zero-order chi connectivity index (χ0) is 15.9. The second-order valence-electron chi connectivity index (χ2n) is 6.61. The zero-order valence-corrected chi connectivity index (χ0v) is 13.6. The molecule has 0 amide bonds. The minimum Gasteiger partial charge on any atom is -0.494 e. The van der Waals surface area contributed by atoms with E-state index >= 15 is 0 Å². The second-order valence-corrected chi connectivity index (χ2v) is 6.61. The summed E-state index contributed by atoms with van der Waals surface area (Å²) in [4.78, 5) is 12.9. The third-order valence-corrected chi connectivity index (χ3v) is 4.08. The van der Waals surface area contributed by atoms with Gasteiger partial charge in [-0.25, -0.2) is 0 Å². The molecule has 1 aliphatic heterocycles. The fourth-order valence-corrected chi connectivity index (χ4v) is 2.65. The van der Waals surface area contributed by atoms with Crippen LogP contribution in [0.3, 0.4) is 0 Å². The van der Waals surface area contributed by atoms with Crippen LogP contribution in [-0.2, 0) is 11.3 Å². The quantitative estimate of drug-likeness (QED) is 0.710. The molecule has 1 N–H and O–H groups in total. The van der Waals surface area contributed by atoms with Crippen molar-refractivity contribution in [3.05, 3.63) is 29.8 Å². The molecule has 1 fully saturated rings. The van der Waals surface area contributed by atoms with Crippen LogP contribution in [0.15, 0.2) is 24.3 Å². The van der Waals surface area contributed by atoms with E-state index in [-0.39, 0.29) is 5.92 Å². The van der Waals surface area contributed by atoms with E-state index in [1.165, 1.54) is 18.4 Å². The van der Waals surface area contributed by atoms with Gasteiger partial charge in [0.05, 0.1) is 12.5 Å². The third kappa shape index (κ3) is 5.34. The summed E-state index contributed by atoms with van der Waals surface area (Å²) in [6.45, 7) is 7.40. The molecule has 1 aliphatic rings. The summed E-state index contributed by atoms with van der Waals surface area (Å²) in [5.74, 6) is 0.813. The molecule has 2 rings (SSSR count). The van der Waals surface area contributed by atoms with Gasteiger partial charge in [-0.15, -0.1) is 0 Å². The molecule has 0 atom stereocenters. The number of nitrogens with zero attached hydrogens (tertiary/aromatic N) is 1. The van der Waals surface area contributed by atoms with Gasteiger partial charge < -0.3 is 9.84 Å². The first kappa shape index (κ1) is 16.8. The number of carbonyl (C=O) groups is 1. The topological polar surface area (TPSA) is 49.8 Å². The van der Waals surface area contributed by atoms with Gasteiger partial charge in [-0.1, -0.05) is 32.4 Å². The van der Waals surface area contributed by atoms with Crippen LogP contribution in [0.1, 0.15) is 38.7 Å². The Morgan fingerprint density at radius 3 is 2.55 bits per heavy atom. The first-order valence-corrected chi connectivity index (χ1v) is 8.21. The van der Waals surface area contributed by atoms with Crippen LogP contribution in [0.4, 0.5) is 0 Å². The normalized spacial score (nSPS) is 15.8. The number of carboxylic acids is 1. The summed E-state index contributed by atoms with van der Waals surface area (Å²) >= 11 is 0. The predicted molar refractivity (Wildman–Crippen MR) is 87.0 cm³/mol. The molecule has 0 radical (unpaired) electrons. The zero-order valence-electron chi connectivity index (χ0n) is 13.6. The fraction of sp³-hybridized carbons (Fsp3) is 0.611. The van der Waals surface area contributed by atoms with Gasteiger partial charge in [0.25, 0.3) is 0 Å². The second kappa shape index (κ2) is 8.18. The average Bonchev–Trinajstić information content (AvgIpc) is 2.42. The van der Waals surface area contributed by atoms with E-state index in [1.54, 1.807) is 0 Å². The molecule has 22 heavy (non-hydrogen) atoms. The Kier molecular flexibility index (Phi) is 6.25. The van der Waals surface area contributed by atoms with Crippen LogP contribution in [0, 0.1) is 11.8 Å². The van der Waals surface area contributed by atoms with Gasteiger partial charge in [0.15, 0.2) is 0 Å². The van der Waals surface area contributed by atoms with E-state index in [1.807, 2.05) is 12.1 Å².